The van der Waals surface area contributed by atoms with E-state index in [1.165, 1.54) is 0 Å². The molecule has 0 bridgehead atoms. The summed E-state index contributed by atoms with van der Waals surface area (Å²) in [5, 5.41) is 0. The molecule has 0 unspecified atom stereocenters. The number of benzene rings is 1. The molecule has 3 N–H and O–H groups in total. The molecule has 0 aromatic heterocycles. The first-order valence-corrected chi connectivity index (χ1v) is 6.57. The maximum absolute atomic E-state index is 8.71. The van der Waals surface area contributed by atoms with Gasteiger partial charge in [-0.3, -0.25) is 0 Å². The molecule has 0 spiro atoms. The van der Waals surface area contributed by atoms with Gasteiger partial charge in [-0.2, -0.15) is 0 Å². The van der Waals surface area contributed by atoms with Crippen molar-refractivity contribution in [2.45, 2.75) is 20.3 Å². The van der Waals surface area contributed by atoms with Crippen molar-refractivity contribution in [1.29, 1.82) is 0 Å². The van der Waals surface area contributed by atoms with E-state index in [0.717, 1.165) is 12.0 Å². The van der Waals surface area contributed by atoms with Crippen LogP contribution in [0.5, 0.6) is 5.75 Å². The summed E-state index contributed by atoms with van der Waals surface area (Å²) in [6, 6.07) is 6.91. The Morgan fingerprint density at radius 3 is 2.07 bits per heavy atom. The minimum atomic E-state index is -4.45. The quantitative estimate of drug-likeness (QED) is 0.690. The van der Waals surface area contributed by atoms with Crippen molar-refractivity contribution in [1.82, 2.24) is 0 Å². The van der Waals surface area contributed by atoms with Crippen molar-refractivity contribution >= 4 is 8.17 Å². The first-order valence-electron chi connectivity index (χ1n) is 4.82. The Kier molecular flexibility index (Phi) is 4.05. The summed E-state index contributed by atoms with van der Waals surface area (Å²) >= 11 is 0. The molecular weight excluding hydrogens is 215 g/mol. The van der Waals surface area contributed by atoms with E-state index in [1.807, 2.05) is 12.1 Å². The van der Waals surface area contributed by atoms with Gasteiger partial charge in [0.2, 0.25) is 0 Å². The molecule has 1 aromatic rings. The molecule has 0 saturated heterocycles. The predicted molar refractivity (Wildman–Crippen MR) is 60.6 cm³/mol. The van der Waals surface area contributed by atoms with Crippen LogP contribution in [0.3, 0.4) is 0 Å². The molecule has 5 heteroatoms. The zero-order valence-corrected chi connectivity index (χ0v) is 9.84. The number of hydrogen-bond donors (Lipinski definition) is 3. The van der Waals surface area contributed by atoms with Gasteiger partial charge in [-0.05, 0) is 0 Å². The molecule has 0 atom stereocenters. The third-order valence-corrected chi connectivity index (χ3v) is 2.33. The second-order valence-electron chi connectivity index (χ2n) is 3.92. The van der Waals surface area contributed by atoms with Crippen LogP contribution in [0.15, 0.2) is 24.3 Å². The van der Waals surface area contributed by atoms with E-state index in [2.05, 4.69) is 18.4 Å². The van der Waals surface area contributed by atoms with Gasteiger partial charge in [0.25, 0.3) is 0 Å². The summed E-state index contributed by atoms with van der Waals surface area (Å²) < 4.78 is 4.57. The summed E-state index contributed by atoms with van der Waals surface area (Å²) in [5.74, 6) is 0.834. The second kappa shape index (κ2) is 4.90. The normalized spacial score (nSPS) is 12.9. The van der Waals surface area contributed by atoms with Crippen LogP contribution in [0.2, 0.25) is 0 Å². The molecule has 15 heavy (non-hydrogen) atoms. The van der Waals surface area contributed by atoms with Crippen molar-refractivity contribution < 1.29 is 19.2 Å². The van der Waals surface area contributed by atoms with Crippen LogP contribution in [0.4, 0.5) is 0 Å². The van der Waals surface area contributed by atoms with E-state index in [9.17, 15) is 0 Å². The van der Waals surface area contributed by atoms with Crippen LogP contribution in [-0.4, -0.2) is 14.7 Å². The molecule has 4 nitrogen and oxygen atoms in total. The van der Waals surface area contributed by atoms with Crippen LogP contribution in [0.25, 0.3) is 0 Å². The Hall–Kier alpha value is -0.670. The Morgan fingerprint density at radius 1 is 1.13 bits per heavy atom. The van der Waals surface area contributed by atoms with E-state index < -0.39 is 8.17 Å². The van der Waals surface area contributed by atoms with Crippen molar-refractivity contribution in [3.8, 4) is 5.75 Å². The fourth-order valence-corrected chi connectivity index (χ4v) is 1.78. The zero-order chi connectivity index (χ0) is 11.5. The second-order valence-corrected chi connectivity index (χ2v) is 5.27. The molecule has 1 rings (SSSR count). The zero-order valence-electron chi connectivity index (χ0n) is 8.84. The summed E-state index contributed by atoms with van der Waals surface area (Å²) in [7, 11) is -4.45. The topological polar surface area (TPSA) is 69.9 Å². The van der Waals surface area contributed by atoms with E-state index in [0.29, 0.717) is 5.92 Å². The van der Waals surface area contributed by atoms with Gasteiger partial charge in [0.15, 0.2) is 0 Å². The van der Waals surface area contributed by atoms with Crippen LogP contribution in [0, 0.1) is 5.92 Å². The molecule has 0 saturated carbocycles. The van der Waals surface area contributed by atoms with Crippen molar-refractivity contribution in [3.63, 3.8) is 0 Å². The standard InChI is InChI=1S/C10H17O4P/c1-8(2)7-9-3-5-10(6-4-9)14-15(11,12)13/h3-6,8,11-13,15H,7H2,1-2H3. The molecule has 0 amide bonds. The fraction of sp³-hybridized carbons (Fsp3) is 0.400. The first-order chi connectivity index (χ1) is 6.87. The van der Waals surface area contributed by atoms with Gasteiger partial charge >= 0.3 is 89.1 Å². The first kappa shape index (κ1) is 12.4. The molecule has 0 radical (unpaired) electrons. The molecule has 0 aliphatic heterocycles. The van der Waals surface area contributed by atoms with Gasteiger partial charge in [0, 0.05) is 0 Å². The third kappa shape index (κ3) is 5.09. The van der Waals surface area contributed by atoms with Crippen LogP contribution >= 0.6 is 8.17 Å². The molecule has 0 aliphatic rings. The molecule has 0 fully saturated rings. The Morgan fingerprint density at radius 2 is 1.67 bits per heavy atom. The fourth-order valence-electron chi connectivity index (χ4n) is 1.32. The van der Waals surface area contributed by atoms with E-state index >= 15 is 0 Å². The molecule has 0 heterocycles. The van der Waals surface area contributed by atoms with Crippen molar-refractivity contribution in [3.05, 3.63) is 29.8 Å². The Balaban J connectivity index is 2.64. The number of rotatable bonds is 4. The third-order valence-electron chi connectivity index (χ3n) is 1.82. The molecule has 86 valence electrons. The van der Waals surface area contributed by atoms with Gasteiger partial charge in [-0.1, -0.05) is 0 Å². The Bertz CT molecular complexity index is 302. The van der Waals surface area contributed by atoms with Gasteiger partial charge in [0.1, 0.15) is 0 Å². The molecule has 0 aliphatic carbocycles. The van der Waals surface area contributed by atoms with Gasteiger partial charge in [-0.25, -0.2) is 0 Å². The van der Waals surface area contributed by atoms with Crippen LogP contribution < -0.4 is 4.52 Å². The van der Waals surface area contributed by atoms with E-state index in [1.54, 1.807) is 12.1 Å². The molecule has 1 aromatic carbocycles. The predicted octanol–water partition coefficient (Wildman–Crippen LogP) is 1.65. The van der Waals surface area contributed by atoms with Crippen LogP contribution in [0.1, 0.15) is 19.4 Å². The van der Waals surface area contributed by atoms with E-state index in [-0.39, 0.29) is 5.75 Å². The van der Waals surface area contributed by atoms with Crippen LogP contribution in [-0.2, 0) is 6.42 Å². The molecular formula is C10H17O4P. The minimum absolute atomic E-state index is 0.265. The Labute approximate surface area is 89.8 Å². The average molecular weight is 232 g/mol. The van der Waals surface area contributed by atoms with Crippen molar-refractivity contribution in [2.24, 2.45) is 5.92 Å². The van der Waals surface area contributed by atoms with Gasteiger partial charge in [-0.15, -0.1) is 0 Å². The van der Waals surface area contributed by atoms with Gasteiger partial charge in [0.05, 0.1) is 0 Å². The number of hydrogen-bond acceptors (Lipinski definition) is 4. The summed E-state index contributed by atoms with van der Waals surface area (Å²) in [6.45, 7) is 4.25. The maximum atomic E-state index is 8.71. The van der Waals surface area contributed by atoms with E-state index in [4.69, 9.17) is 14.7 Å². The van der Waals surface area contributed by atoms with Gasteiger partial charge < -0.3 is 0 Å². The summed E-state index contributed by atoms with van der Waals surface area (Å²) in [5.41, 5.74) is 1.15. The van der Waals surface area contributed by atoms with Crippen molar-refractivity contribution in [2.75, 3.05) is 0 Å². The average Bonchev–Trinajstić information content (AvgIpc) is 2.05. The SMILES string of the molecule is CC(C)Cc1ccc(O[PH](O)(O)O)cc1. The monoisotopic (exact) mass is 232 g/mol. The summed E-state index contributed by atoms with van der Waals surface area (Å²) in [4.78, 5) is 26.1. The summed E-state index contributed by atoms with van der Waals surface area (Å²) in [6.07, 6.45) is 0.959.